The standard InChI is InChI=1S/C16H20FN5O2/c1-18-15-12(17)8-20-16(22-15)21-13-5-7-23-10-14(13)24-9-11-4-2-3-6-19-11/h2-4,6,8,13-14H,5,7,9-10H2,1H3,(H2,18,20,21,22)/t13-,14-/m1/s1. The Hall–Kier alpha value is -2.32. The highest BCUT2D eigenvalue weighted by Gasteiger charge is 2.27. The van der Waals surface area contributed by atoms with Gasteiger partial charge in [-0.2, -0.15) is 4.98 Å². The summed E-state index contributed by atoms with van der Waals surface area (Å²) in [4.78, 5) is 12.4. The first kappa shape index (κ1) is 16.5. The van der Waals surface area contributed by atoms with Crippen LogP contribution in [0.25, 0.3) is 0 Å². The number of nitrogens with zero attached hydrogens (tertiary/aromatic N) is 3. The number of ether oxygens (including phenoxy) is 2. The molecule has 1 aliphatic rings. The molecule has 0 aromatic carbocycles. The summed E-state index contributed by atoms with van der Waals surface area (Å²) < 4.78 is 24.9. The van der Waals surface area contributed by atoms with Crippen LogP contribution in [0.3, 0.4) is 0 Å². The smallest absolute Gasteiger partial charge is 0.225 e. The van der Waals surface area contributed by atoms with Crippen molar-refractivity contribution in [2.45, 2.75) is 25.2 Å². The average Bonchev–Trinajstić information content (AvgIpc) is 2.63. The molecule has 0 bridgehead atoms. The summed E-state index contributed by atoms with van der Waals surface area (Å²) in [6, 6.07) is 5.68. The molecule has 3 rings (SSSR count). The van der Waals surface area contributed by atoms with E-state index in [1.807, 2.05) is 18.2 Å². The molecule has 2 aromatic rings. The maximum Gasteiger partial charge on any atom is 0.225 e. The first-order valence-electron chi connectivity index (χ1n) is 7.82. The van der Waals surface area contributed by atoms with Crippen LogP contribution in [0.1, 0.15) is 12.1 Å². The number of anilines is 2. The Morgan fingerprint density at radius 2 is 2.29 bits per heavy atom. The molecule has 2 N–H and O–H groups in total. The molecule has 24 heavy (non-hydrogen) atoms. The summed E-state index contributed by atoms with van der Waals surface area (Å²) in [7, 11) is 1.61. The second-order valence-corrected chi connectivity index (χ2v) is 5.43. The largest absolute Gasteiger partial charge is 0.379 e. The van der Waals surface area contributed by atoms with Gasteiger partial charge >= 0.3 is 0 Å². The topological polar surface area (TPSA) is 81.2 Å². The van der Waals surface area contributed by atoms with Crippen molar-refractivity contribution in [1.82, 2.24) is 15.0 Å². The Kier molecular flexibility index (Phi) is 5.50. The monoisotopic (exact) mass is 333 g/mol. The molecule has 0 spiro atoms. The van der Waals surface area contributed by atoms with Gasteiger partial charge in [-0.25, -0.2) is 9.37 Å². The summed E-state index contributed by atoms with van der Waals surface area (Å²) in [5.74, 6) is 0.0302. The second kappa shape index (κ2) is 7.98. The third-order valence-corrected chi connectivity index (χ3v) is 3.77. The third kappa shape index (κ3) is 4.15. The van der Waals surface area contributed by atoms with Crippen LogP contribution in [0.15, 0.2) is 30.6 Å². The molecule has 0 saturated carbocycles. The SMILES string of the molecule is CNc1nc(N[C@@H]2CCOC[C@H]2OCc2ccccn2)ncc1F. The predicted molar refractivity (Wildman–Crippen MR) is 87.2 cm³/mol. The van der Waals surface area contributed by atoms with E-state index in [1.54, 1.807) is 13.2 Å². The zero-order valence-electron chi connectivity index (χ0n) is 13.4. The van der Waals surface area contributed by atoms with Gasteiger partial charge in [0.15, 0.2) is 11.6 Å². The summed E-state index contributed by atoms with van der Waals surface area (Å²) >= 11 is 0. The van der Waals surface area contributed by atoms with Gasteiger partial charge in [0, 0.05) is 19.9 Å². The van der Waals surface area contributed by atoms with Gasteiger partial charge in [0.25, 0.3) is 0 Å². The highest BCUT2D eigenvalue weighted by atomic mass is 19.1. The van der Waals surface area contributed by atoms with Crippen molar-refractivity contribution in [3.63, 3.8) is 0 Å². The predicted octanol–water partition coefficient (Wildman–Crippen LogP) is 1.84. The zero-order valence-corrected chi connectivity index (χ0v) is 13.4. The molecule has 1 aliphatic heterocycles. The Labute approximate surface area is 139 Å². The molecule has 0 unspecified atom stereocenters. The maximum atomic E-state index is 13.5. The minimum absolute atomic E-state index is 0.0161. The van der Waals surface area contributed by atoms with Crippen LogP contribution in [0.2, 0.25) is 0 Å². The highest BCUT2D eigenvalue weighted by Crippen LogP contribution is 2.18. The molecule has 2 atom stereocenters. The Bertz CT molecular complexity index is 658. The van der Waals surface area contributed by atoms with Crippen molar-refractivity contribution in [3.05, 3.63) is 42.1 Å². The summed E-state index contributed by atoms with van der Waals surface area (Å²) in [6.07, 6.45) is 3.47. The van der Waals surface area contributed by atoms with Crippen LogP contribution >= 0.6 is 0 Å². The van der Waals surface area contributed by atoms with Gasteiger partial charge < -0.3 is 20.1 Å². The fourth-order valence-electron chi connectivity index (χ4n) is 2.49. The van der Waals surface area contributed by atoms with E-state index < -0.39 is 5.82 Å². The molecule has 7 nitrogen and oxygen atoms in total. The summed E-state index contributed by atoms with van der Waals surface area (Å²) in [5, 5.41) is 5.92. The van der Waals surface area contributed by atoms with Gasteiger partial charge in [0.05, 0.1) is 31.1 Å². The lowest BCUT2D eigenvalue weighted by atomic mass is 10.1. The molecule has 0 aliphatic carbocycles. The first-order chi connectivity index (χ1) is 11.8. The lowest BCUT2D eigenvalue weighted by Crippen LogP contribution is -2.44. The highest BCUT2D eigenvalue weighted by molar-refractivity contribution is 5.41. The molecule has 0 amide bonds. The zero-order chi connectivity index (χ0) is 16.8. The van der Waals surface area contributed by atoms with Gasteiger partial charge in [0.2, 0.25) is 5.95 Å². The van der Waals surface area contributed by atoms with Gasteiger partial charge in [0.1, 0.15) is 6.10 Å². The number of aromatic nitrogens is 3. The third-order valence-electron chi connectivity index (χ3n) is 3.77. The van der Waals surface area contributed by atoms with E-state index in [2.05, 4.69) is 25.6 Å². The number of hydrogen-bond acceptors (Lipinski definition) is 7. The minimum atomic E-state index is -0.488. The summed E-state index contributed by atoms with van der Waals surface area (Å²) in [5.41, 5.74) is 0.859. The first-order valence-corrected chi connectivity index (χ1v) is 7.82. The van der Waals surface area contributed by atoms with Crippen molar-refractivity contribution >= 4 is 11.8 Å². The van der Waals surface area contributed by atoms with Gasteiger partial charge in [-0.05, 0) is 18.6 Å². The van der Waals surface area contributed by atoms with Crippen LogP contribution in [0, 0.1) is 5.82 Å². The van der Waals surface area contributed by atoms with E-state index in [9.17, 15) is 4.39 Å². The van der Waals surface area contributed by atoms with Crippen molar-refractivity contribution < 1.29 is 13.9 Å². The van der Waals surface area contributed by atoms with Crippen LogP contribution < -0.4 is 10.6 Å². The van der Waals surface area contributed by atoms with E-state index in [0.717, 1.165) is 18.3 Å². The molecule has 2 aromatic heterocycles. The average molecular weight is 333 g/mol. The van der Waals surface area contributed by atoms with Crippen molar-refractivity contribution in [2.75, 3.05) is 30.9 Å². The molecular formula is C16H20FN5O2. The molecule has 128 valence electrons. The lowest BCUT2D eigenvalue weighted by molar-refractivity contribution is -0.0646. The second-order valence-electron chi connectivity index (χ2n) is 5.43. The minimum Gasteiger partial charge on any atom is -0.379 e. The number of nitrogens with one attached hydrogen (secondary N) is 2. The lowest BCUT2D eigenvalue weighted by Gasteiger charge is -2.32. The molecule has 1 fully saturated rings. The van der Waals surface area contributed by atoms with Crippen molar-refractivity contribution in [1.29, 1.82) is 0 Å². The number of rotatable bonds is 6. The quantitative estimate of drug-likeness (QED) is 0.835. The Morgan fingerprint density at radius 3 is 3.08 bits per heavy atom. The van der Waals surface area contributed by atoms with Gasteiger partial charge in [-0.1, -0.05) is 6.07 Å². The van der Waals surface area contributed by atoms with E-state index in [-0.39, 0.29) is 18.0 Å². The molecule has 1 saturated heterocycles. The van der Waals surface area contributed by atoms with Gasteiger partial charge in [-0.15, -0.1) is 0 Å². The van der Waals surface area contributed by atoms with Crippen LogP contribution in [-0.2, 0) is 16.1 Å². The normalized spacial score (nSPS) is 20.6. The van der Waals surface area contributed by atoms with E-state index in [4.69, 9.17) is 9.47 Å². The number of halogens is 1. The van der Waals surface area contributed by atoms with E-state index in [1.165, 1.54) is 0 Å². The van der Waals surface area contributed by atoms with Crippen molar-refractivity contribution in [3.8, 4) is 0 Å². The Balaban J connectivity index is 1.64. The molecule has 0 radical (unpaired) electrons. The number of pyridine rings is 1. The summed E-state index contributed by atoms with van der Waals surface area (Å²) in [6.45, 7) is 1.50. The molecule has 8 heteroatoms. The number of hydrogen-bond donors (Lipinski definition) is 2. The van der Waals surface area contributed by atoms with Crippen LogP contribution in [0.4, 0.5) is 16.2 Å². The van der Waals surface area contributed by atoms with Crippen LogP contribution in [-0.4, -0.2) is 47.4 Å². The fraction of sp³-hybridized carbons (Fsp3) is 0.438. The van der Waals surface area contributed by atoms with Crippen LogP contribution in [0.5, 0.6) is 0 Å². The van der Waals surface area contributed by atoms with E-state index in [0.29, 0.717) is 25.8 Å². The fourth-order valence-corrected chi connectivity index (χ4v) is 2.49. The molecule has 3 heterocycles. The van der Waals surface area contributed by atoms with E-state index >= 15 is 0 Å². The van der Waals surface area contributed by atoms with Gasteiger partial charge in [-0.3, -0.25) is 4.98 Å². The Morgan fingerprint density at radius 1 is 1.38 bits per heavy atom. The van der Waals surface area contributed by atoms with Crippen molar-refractivity contribution in [2.24, 2.45) is 0 Å². The maximum absolute atomic E-state index is 13.5. The molecular weight excluding hydrogens is 313 g/mol.